The number of pyridine rings is 2. The molecule has 7 rings (SSSR count). The van der Waals surface area contributed by atoms with E-state index in [0.717, 1.165) is 97.1 Å². The van der Waals surface area contributed by atoms with E-state index in [-0.39, 0.29) is 49.9 Å². The van der Waals surface area contributed by atoms with Gasteiger partial charge in [-0.3, -0.25) is 9.78 Å². The van der Waals surface area contributed by atoms with Gasteiger partial charge in [-0.1, -0.05) is 97.9 Å². The normalized spacial score (nSPS) is 12.7. The van der Waals surface area contributed by atoms with E-state index in [1.54, 1.807) is 0 Å². The van der Waals surface area contributed by atoms with Crippen molar-refractivity contribution < 1.29 is 43.2 Å². The molecule has 0 aliphatic rings. The maximum atomic E-state index is 13.7. The molecule has 55 heavy (non-hydrogen) atoms. The molecule has 0 unspecified atom stereocenters. The van der Waals surface area contributed by atoms with Crippen molar-refractivity contribution >= 4 is 54.8 Å². The predicted molar refractivity (Wildman–Crippen MR) is 218 cm³/mol. The summed E-state index contributed by atoms with van der Waals surface area (Å²) in [5.74, 6) is 0.547. The second-order valence-corrected chi connectivity index (χ2v) is 15.4. The number of hydrogen-bond donors (Lipinski definition) is 1. The number of halogens is 3. The first-order chi connectivity index (χ1) is 25.6. The summed E-state index contributed by atoms with van der Waals surface area (Å²) in [4.78, 5) is 16.8. The first-order valence-corrected chi connectivity index (χ1v) is 19.1. The van der Waals surface area contributed by atoms with E-state index in [0.29, 0.717) is 5.56 Å². The van der Waals surface area contributed by atoms with Crippen LogP contribution in [0.4, 0.5) is 13.2 Å². The van der Waals surface area contributed by atoms with Crippen molar-refractivity contribution in [2.24, 2.45) is 17.3 Å². The number of nitrogens with zero attached hydrogens (tertiary/aromatic N) is 2. The smallest absolute Gasteiger partial charge is 0.394 e. The number of fused-ring (bicyclic) bond motifs is 5. The third kappa shape index (κ3) is 8.04. The van der Waals surface area contributed by atoms with Crippen molar-refractivity contribution in [3.8, 4) is 11.3 Å². The van der Waals surface area contributed by atoms with Gasteiger partial charge < -0.3 is 9.51 Å². The molecule has 0 bridgehead atoms. The number of carbonyl (C=O) groups is 1. The van der Waals surface area contributed by atoms with E-state index in [9.17, 15) is 23.1 Å². The van der Waals surface area contributed by atoms with Crippen molar-refractivity contribution in [1.82, 2.24) is 9.38 Å². The number of para-hydroxylation sites is 1. The zero-order valence-corrected chi connectivity index (χ0v) is 35.3. The molecule has 0 spiro atoms. The maximum Gasteiger partial charge on any atom is 0.394 e. The van der Waals surface area contributed by atoms with Gasteiger partial charge in [-0.25, -0.2) is 0 Å². The second-order valence-electron chi connectivity index (χ2n) is 15.4. The molecule has 0 aliphatic heterocycles. The van der Waals surface area contributed by atoms with E-state index in [1.807, 2.05) is 71.0 Å². The van der Waals surface area contributed by atoms with Crippen LogP contribution < -0.4 is 0 Å². The van der Waals surface area contributed by atoms with Crippen LogP contribution in [0.2, 0.25) is 0 Å². The number of benzene rings is 4. The number of aromatic nitrogens is 2. The summed E-state index contributed by atoms with van der Waals surface area (Å²) < 4.78 is 43.4. The third-order valence-electron chi connectivity index (χ3n) is 11.1. The van der Waals surface area contributed by atoms with Crippen molar-refractivity contribution in [3.63, 3.8) is 0 Å². The molecule has 0 saturated carbocycles. The zero-order valence-electron chi connectivity index (χ0n) is 32.9. The van der Waals surface area contributed by atoms with Crippen LogP contribution in [0.25, 0.3) is 60.3 Å². The van der Waals surface area contributed by atoms with Crippen LogP contribution in [0, 0.1) is 37.2 Å². The van der Waals surface area contributed by atoms with E-state index in [4.69, 9.17) is 4.98 Å². The van der Waals surface area contributed by atoms with Gasteiger partial charge in [0.2, 0.25) is 0 Å². The molecule has 4 nitrogen and oxygen atoms in total. The van der Waals surface area contributed by atoms with Gasteiger partial charge in [0.05, 0.1) is 27.7 Å². The van der Waals surface area contributed by atoms with Gasteiger partial charge in [0.1, 0.15) is 0 Å². The molecule has 8 heteroatoms. The number of aliphatic hydroxyl groups is 1. The first kappa shape index (κ1) is 41.9. The molecule has 4 aromatic carbocycles. The van der Waals surface area contributed by atoms with Crippen molar-refractivity contribution in [3.05, 3.63) is 107 Å². The number of aryl methyl sites for hydroxylation is 2. The molecule has 1 N–H and O–H groups in total. The van der Waals surface area contributed by atoms with Gasteiger partial charge in [0.25, 0.3) is 0 Å². The van der Waals surface area contributed by atoms with Crippen LogP contribution in [0.3, 0.4) is 0 Å². The van der Waals surface area contributed by atoms with Crippen LogP contribution in [0.5, 0.6) is 0 Å². The summed E-state index contributed by atoms with van der Waals surface area (Å²) in [5, 5.41) is 15.0. The fraction of sp³-hybridized carbons (Fsp3) is 0.362. The van der Waals surface area contributed by atoms with Gasteiger partial charge in [0, 0.05) is 65.1 Å². The van der Waals surface area contributed by atoms with Gasteiger partial charge in [-0.05, 0) is 66.9 Å². The number of rotatable bonds is 10. The summed E-state index contributed by atoms with van der Waals surface area (Å²) in [7, 11) is 0. The van der Waals surface area contributed by atoms with Crippen molar-refractivity contribution in [2.75, 3.05) is 0 Å². The van der Waals surface area contributed by atoms with Crippen LogP contribution >= 0.6 is 0 Å². The number of hydrogen-bond acceptors (Lipinski definition) is 3. The predicted octanol–water partition coefficient (Wildman–Crippen LogP) is 13.5. The van der Waals surface area contributed by atoms with Crippen LogP contribution in [-0.4, -0.2) is 26.5 Å². The fourth-order valence-electron chi connectivity index (χ4n) is 7.92. The molecule has 3 heterocycles. The number of carbonyl (C=O) groups excluding carboxylic acids is 1. The summed E-state index contributed by atoms with van der Waals surface area (Å²) in [6, 6.07) is 28.0. The molecule has 3 aromatic heterocycles. The van der Waals surface area contributed by atoms with Gasteiger partial charge in [-0.15, -0.1) is 34.9 Å². The standard InChI is InChI=1S/C34H26F3N2.C13H24O2.Ir/c1-19-13-20(2)15-22(14-19)28-17-30-31-23(7-6-10-27(31)38-28)24-8-5-9-25-26-16-21(18-33(3,4)34(35,36)37)11-12-29(26)39(30)32(24)25;1-5-10(6-2)12(14)9-13(15)11(7-3)8-4;/h5-14,16-17H,18H2,1-4H3;9-11,14H,5-8H2,1-4H3;/q-1;;/b;12-9-;. The Balaban J connectivity index is 0.000000311. The Morgan fingerprint density at radius 1 is 0.818 bits per heavy atom. The molecule has 1 radical (unpaired) electrons. The van der Waals surface area contributed by atoms with Gasteiger partial charge in [-0.2, -0.15) is 13.2 Å². The minimum absolute atomic E-state index is 0. The number of alkyl halides is 3. The fourth-order valence-corrected chi connectivity index (χ4v) is 7.92. The van der Waals surface area contributed by atoms with E-state index >= 15 is 0 Å². The average Bonchev–Trinajstić information content (AvgIpc) is 3.45. The van der Waals surface area contributed by atoms with E-state index in [1.165, 1.54) is 19.9 Å². The molecule has 291 valence electrons. The summed E-state index contributed by atoms with van der Waals surface area (Å²) >= 11 is 0. The van der Waals surface area contributed by atoms with Crippen LogP contribution in [-0.2, 0) is 31.3 Å². The molecular weight excluding hydrogens is 874 g/mol. The third-order valence-corrected chi connectivity index (χ3v) is 11.1. The Morgan fingerprint density at radius 3 is 2.05 bits per heavy atom. The Labute approximate surface area is 335 Å². The minimum atomic E-state index is -4.28. The Hall–Kier alpha value is -4.26. The Kier molecular flexibility index (Phi) is 12.5. The van der Waals surface area contributed by atoms with Crippen LogP contribution in [0.15, 0.2) is 84.6 Å². The molecule has 0 atom stereocenters. The topological polar surface area (TPSA) is 54.6 Å². The Bertz CT molecular complexity index is 2480. The zero-order chi connectivity index (χ0) is 39.1. The van der Waals surface area contributed by atoms with Crippen LogP contribution in [0.1, 0.15) is 83.9 Å². The van der Waals surface area contributed by atoms with E-state index in [2.05, 4.69) is 53.8 Å². The number of aliphatic hydroxyl groups excluding tert-OH is 1. The number of ketones is 1. The second kappa shape index (κ2) is 16.5. The molecule has 7 aromatic rings. The summed E-state index contributed by atoms with van der Waals surface area (Å²) in [6.07, 6.45) is 0.548. The number of allylic oxidation sites excluding steroid dienone is 2. The average molecular weight is 924 g/mol. The Morgan fingerprint density at radius 2 is 1.44 bits per heavy atom. The molecule has 0 amide bonds. The maximum absolute atomic E-state index is 13.7. The first-order valence-electron chi connectivity index (χ1n) is 19.1. The summed E-state index contributed by atoms with van der Waals surface area (Å²) in [6.45, 7) is 14.7. The SMILES string of the molecule is CCC(CC)C(=O)/C=C(\O)C(CC)CC.Cc1[c-]c(-c2cc3c4c(cccc4c4cccc5c6cc(CC(C)(C)C(F)(F)F)ccc6n3c45)n2)cc(C)c1.[Ir]. The van der Waals surface area contributed by atoms with Crippen molar-refractivity contribution in [1.29, 1.82) is 0 Å². The van der Waals surface area contributed by atoms with Crippen molar-refractivity contribution in [2.45, 2.75) is 93.7 Å². The largest absolute Gasteiger partial charge is 0.512 e. The van der Waals surface area contributed by atoms with Gasteiger partial charge >= 0.3 is 6.18 Å². The molecule has 0 aliphatic carbocycles. The summed E-state index contributed by atoms with van der Waals surface area (Å²) in [5.41, 5.74) is 6.84. The molecular formula is C47H50F3IrN2O2-. The monoisotopic (exact) mass is 924 g/mol. The minimum Gasteiger partial charge on any atom is -0.512 e. The quantitative estimate of drug-likeness (QED) is 0.0489. The van der Waals surface area contributed by atoms with Gasteiger partial charge in [0.15, 0.2) is 5.78 Å². The van der Waals surface area contributed by atoms with E-state index < -0.39 is 11.6 Å². The molecule has 0 saturated heterocycles. The molecule has 0 fully saturated rings.